The maximum atomic E-state index is 12.6. The number of carbonyl (C=O) groups is 1. The first-order chi connectivity index (χ1) is 11.3. The number of thiazole rings is 1. The van der Waals surface area contributed by atoms with E-state index in [1.807, 2.05) is 6.07 Å². The summed E-state index contributed by atoms with van der Waals surface area (Å²) < 4.78 is 1.25. The summed E-state index contributed by atoms with van der Waals surface area (Å²) in [7, 11) is 0. The zero-order chi connectivity index (χ0) is 15.6. The largest absolute Gasteiger partial charge is 0.342 e. The molecule has 2 aliphatic rings. The van der Waals surface area contributed by atoms with E-state index >= 15 is 0 Å². The van der Waals surface area contributed by atoms with Crippen molar-refractivity contribution >= 4 is 27.5 Å². The molecule has 122 valence electrons. The minimum Gasteiger partial charge on any atom is -0.342 e. The third-order valence-corrected chi connectivity index (χ3v) is 6.14. The van der Waals surface area contributed by atoms with Crippen molar-refractivity contribution in [1.29, 1.82) is 0 Å². The third-order valence-electron chi connectivity index (χ3n) is 5.01. The number of aromatic nitrogens is 1. The maximum Gasteiger partial charge on any atom is 0.236 e. The number of likely N-dealkylation sites (tertiary alicyclic amines) is 2. The lowest BCUT2D eigenvalue weighted by atomic mass is 10.1. The van der Waals surface area contributed by atoms with Gasteiger partial charge in [0.2, 0.25) is 5.91 Å². The number of hydrogen-bond donors (Lipinski definition) is 0. The summed E-state index contributed by atoms with van der Waals surface area (Å²) in [5, 5.41) is 1.18. The molecule has 3 heterocycles. The summed E-state index contributed by atoms with van der Waals surface area (Å²) in [6.45, 7) is 3.46. The van der Waals surface area contributed by atoms with E-state index in [-0.39, 0.29) is 0 Å². The summed E-state index contributed by atoms with van der Waals surface area (Å²) >= 11 is 1.78. The summed E-state index contributed by atoms with van der Waals surface area (Å²) in [6, 6.07) is 8.64. The average molecular weight is 329 g/mol. The van der Waals surface area contributed by atoms with Gasteiger partial charge in [-0.05, 0) is 50.8 Å². The number of fused-ring (bicyclic) bond motifs is 1. The van der Waals surface area contributed by atoms with Crippen molar-refractivity contribution in [2.24, 2.45) is 0 Å². The van der Waals surface area contributed by atoms with E-state index in [1.54, 1.807) is 11.3 Å². The van der Waals surface area contributed by atoms with E-state index in [4.69, 9.17) is 4.98 Å². The Labute approximate surface area is 141 Å². The highest BCUT2D eigenvalue weighted by molar-refractivity contribution is 7.18. The molecule has 1 amide bonds. The van der Waals surface area contributed by atoms with Crippen LogP contribution in [0.25, 0.3) is 10.2 Å². The van der Waals surface area contributed by atoms with Gasteiger partial charge in [0, 0.05) is 13.1 Å². The van der Waals surface area contributed by atoms with Crippen LogP contribution in [0.3, 0.4) is 0 Å². The van der Waals surface area contributed by atoms with Gasteiger partial charge in [-0.3, -0.25) is 9.69 Å². The first-order valence-corrected chi connectivity index (χ1v) is 9.50. The molecule has 0 bridgehead atoms. The molecule has 0 N–H and O–H groups in total. The number of hydrogen-bond acceptors (Lipinski definition) is 4. The van der Waals surface area contributed by atoms with Gasteiger partial charge in [0.15, 0.2) is 0 Å². The van der Waals surface area contributed by atoms with Crippen molar-refractivity contribution < 1.29 is 4.79 Å². The van der Waals surface area contributed by atoms with Crippen molar-refractivity contribution in [3.63, 3.8) is 0 Å². The van der Waals surface area contributed by atoms with Crippen LogP contribution in [0, 0.1) is 0 Å². The molecule has 0 aliphatic carbocycles. The quantitative estimate of drug-likeness (QED) is 0.865. The molecule has 0 unspecified atom stereocenters. The second kappa shape index (κ2) is 6.57. The molecule has 2 fully saturated rings. The molecular formula is C18H23N3OS. The van der Waals surface area contributed by atoms with E-state index in [0.717, 1.165) is 50.8 Å². The summed E-state index contributed by atoms with van der Waals surface area (Å²) in [4.78, 5) is 21.8. The van der Waals surface area contributed by atoms with E-state index in [1.165, 1.54) is 16.1 Å². The standard InChI is InChI=1S/C18H23N3OS/c22-17(20-10-4-1-5-11-20)13-21-12-6-8-15(21)18-19-14-7-2-3-9-16(14)23-18/h2-3,7,9,15H,1,4-6,8,10-13H2/t15-/m1/s1. The highest BCUT2D eigenvalue weighted by Crippen LogP contribution is 2.36. The fourth-order valence-electron chi connectivity index (χ4n) is 3.74. The zero-order valence-corrected chi connectivity index (χ0v) is 14.2. The second-order valence-electron chi connectivity index (χ2n) is 6.59. The second-order valence-corrected chi connectivity index (χ2v) is 7.65. The van der Waals surface area contributed by atoms with Crippen molar-refractivity contribution in [3.05, 3.63) is 29.3 Å². The highest BCUT2D eigenvalue weighted by Gasteiger charge is 2.31. The molecule has 2 aliphatic heterocycles. The Kier molecular flexibility index (Phi) is 4.31. The Hall–Kier alpha value is -1.46. The molecule has 2 saturated heterocycles. The minimum absolute atomic E-state index is 0.303. The van der Waals surface area contributed by atoms with Crippen molar-refractivity contribution in [2.75, 3.05) is 26.2 Å². The van der Waals surface area contributed by atoms with Gasteiger partial charge in [0.05, 0.1) is 22.8 Å². The highest BCUT2D eigenvalue weighted by atomic mass is 32.1. The van der Waals surface area contributed by atoms with Crippen molar-refractivity contribution in [3.8, 4) is 0 Å². The Balaban J connectivity index is 1.48. The fourth-order valence-corrected chi connectivity index (χ4v) is 4.88. The molecule has 23 heavy (non-hydrogen) atoms. The van der Waals surface area contributed by atoms with Gasteiger partial charge in [0.1, 0.15) is 5.01 Å². The number of carbonyl (C=O) groups excluding carboxylic acids is 1. The zero-order valence-electron chi connectivity index (χ0n) is 13.4. The topological polar surface area (TPSA) is 36.4 Å². The number of amides is 1. The molecule has 0 saturated carbocycles. The summed E-state index contributed by atoms with van der Waals surface area (Å²) in [6.07, 6.45) is 5.86. The van der Waals surface area contributed by atoms with Gasteiger partial charge in [-0.2, -0.15) is 0 Å². The molecule has 0 radical (unpaired) electrons. The van der Waals surface area contributed by atoms with Crippen LogP contribution in [0.4, 0.5) is 0 Å². The van der Waals surface area contributed by atoms with E-state index in [0.29, 0.717) is 18.5 Å². The smallest absolute Gasteiger partial charge is 0.236 e. The fraction of sp³-hybridized carbons (Fsp3) is 0.556. The van der Waals surface area contributed by atoms with Crippen LogP contribution >= 0.6 is 11.3 Å². The van der Waals surface area contributed by atoms with Crippen LogP contribution in [0.1, 0.15) is 43.2 Å². The van der Waals surface area contributed by atoms with Gasteiger partial charge in [-0.15, -0.1) is 11.3 Å². The Bertz CT molecular complexity index is 659. The molecule has 4 rings (SSSR count). The van der Waals surface area contributed by atoms with Crippen molar-refractivity contribution in [1.82, 2.24) is 14.8 Å². The average Bonchev–Trinajstić information content (AvgIpc) is 3.21. The third kappa shape index (κ3) is 3.12. The monoisotopic (exact) mass is 329 g/mol. The van der Waals surface area contributed by atoms with Gasteiger partial charge >= 0.3 is 0 Å². The Morgan fingerprint density at radius 2 is 1.96 bits per heavy atom. The molecular weight excluding hydrogens is 306 g/mol. The van der Waals surface area contributed by atoms with Gasteiger partial charge in [-0.25, -0.2) is 4.98 Å². The van der Waals surface area contributed by atoms with Crippen molar-refractivity contribution in [2.45, 2.75) is 38.1 Å². The van der Waals surface area contributed by atoms with Gasteiger partial charge in [0.25, 0.3) is 0 Å². The van der Waals surface area contributed by atoms with Gasteiger partial charge < -0.3 is 4.90 Å². The van der Waals surface area contributed by atoms with Crippen LogP contribution in [0.2, 0.25) is 0 Å². The molecule has 5 heteroatoms. The number of rotatable bonds is 3. The Morgan fingerprint density at radius 1 is 1.13 bits per heavy atom. The number of para-hydroxylation sites is 1. The Morgan fingerprint density at radius 3 is 2.78 bits per heavy atom. The molecule has 2 aromatic rings. The van der Waals surface area contributed by atoms with Gasteiger partial charge in [-0.1, -0.05) is 12.1 Å². The maximum absolute atomic E-state index is 12.6. The van der Waals surface area contributed by atoms with Crippen LogP contribution in [-0.4, -0.2) is 46.9 Å². The molecule has 4 nitrogen and oxygen atoms in total. The summed E-state index contributed by atoms with van der Waals surface area (Å²) in [5.74, 6) is 0.303. The van der Waals surface area contributed by atoms with Crippen LogP contribution in [0.15, 0.2) is 24.3 Å². The lowest BCUT2D eigenvalue weighted by molar-refractivity contribution is -0.133. The van der Waals surface area contributed by atoms with E-state index < -0.39 is 0 Å². The number of benzene rings is 1. The molecule has 1 aromatic heterocycles. The summed E-state index contributed by atoms with van der Waals surface area (Å²) in [5.41, 5.74) is 1.08. The number of piperidine rings is 1. The van der Waals surface area contributed by atoms with E-state index in [2.05, 4.69) is 28.0 Å². The van der Waals surface area contributed by atoms with E-state index in [9.17, 15) is 4.79 Å². The molecule has 0 spiro atoms. The normalized spacial score (nSPS) is 22.8. The van der Waals surface area contributed by atoms with Crippen LogP contribution in [-0.2, 0) is 4.79 Å². The lowest BCUT2D eigenvalue weighted by Gasteiger charge is -2.30. The predicted molar refractivity (Wildman–Crippen MR) is 93.6 cm³/mol. The molecule has 1 atom stereocenters. The predicted octanol–water partition coefficient (Wildman–Crippen LogP) is 3.45. The first-order valence-electron chi connectivity index (χ1n) is 8.68. The first kappa shape index (κ1) is 15.1. The number of nitrogens with zero attached hydrogens (tertiary/aromatic N) is 3. The van der Waals surface area contributed by atoms with Crippen LogP contribution < -0.4 is 0 Å². The van der Waals surface area contributed by atoms with Crippen LogP contribution in [0.5, 0.6) is 0 Å². The minimum atomic E-state index is 0.303. The molecule has 1 aromatic carbocycles. The SMILES string of the molecule is O=C(CN1CCC[C@@H]1c1nc2ccccc2s1)N1CCCCC1. The lowest BCUT2D eigenvalue weighted by Crippen LogP contribution is -2.42.